The molecule has 80 valence electrons. The van der Waals surface area contributed by atoms with E-state index in [1.54, 1.807) is 0 Å². The summed E-state index contributed by atoms with van der Waals surface area (Å²) in [6.07, 6.45) is 3.69. The maximum absolute atomic E-state index is 5.92. The zero-order valence-electron chi connectivity index (χ0n) is 8.22. The molecular formula is C11H8ClN3S. The summed E-state index contributed by atoms with van der Waals surface area (Å²) < 4.78 is 2.73. The van der Waals surface area contributed by atoms with Gasteiger partial charge >= 0.3 is 0 Å². The van der Waals surface area contributed by atoms with E-state index in [1.807, 2.05) is 41.1 Å². The van der Waals surface area contributed by atoms with Crippen LogP contribution >= 0.6 is 22.9 Å². The van der Waals surface area contributed by atoms with Gasteiger partial charge in [0.2, 0.25) is 0 Å². The Morgan fingerprint density at radius 1 is 1.25 bits per heavy atom. The average molecular weight is 250 g/mol. The van der Waals surface area contributed by atoms with Gasteiger partial charge < -0.3 is 5.73 Å². The SMILES string of the molecule is Nc1ccc2cnc(-c3ccc(Cl)s3)n2c1. The molecule has 2 N–H and O–H groups in total. The van der Waals surface area contributed by atoms with Crippen LogP contribution in [0.3, 0.4) is 0 Å². The van der Waals surface area contributed by atoms with Crippen molar-refractivity contribution < 1.29 is 0 Å². The number of aromatic nitrogens is 2. The molecule has 3 heterocycles. The van der Waals surface area contributed by atoms with Gasteiger partial charge in [0.1, 0.15) is 0 Å². The van der Waals surface area contributed by atoms with Crippen molar-refractivity contribution in [2.75, 3.05) is 5.73 Å². The maximum atomic E-state index is 5.92. The first-order chi connectivity index (χ1) is 7.74. The fraction of sp³-hybridized carbons (Fsp3) is 0. The van der Waals surface area contributed by atoms with E-state index in [1.165, 1.54) is 11.3 Å². The monoisotopic (exact) mass is 249 g/mol. The first kappa shape index (κ1) is 9.69. The number of nitrogens with two attached hydrogens (primary N) is 1. The van der Waals surface area contributed by atoms with E-state index in [-0.39, 0.29) is 0 Å². The molecule has 0 unspecified atom stereocenters. The minimum absolute atomic E-state index is 0.717. The van der Waals surface area contributed by atoms with Gasteiger partial charge in [-0.25, -0.2) is 4.98 Å². The highest BCUT2D eigenvalue weighted by Gasteiger charge is 2.08. The van der Waals surface area contributed by atoms with E-state index in [0.717, 1.165) is 26.2 Å². The Kier molecular flexibility index (Phi) is 2.12. The molecule has 0 aliphatic heterocycles. The Morgan fingerprint density at radius 2 is 2.12 bits per heavy atom. The van der Waals surface area contributed by atoms with Gasteiger partial charge in [-0.2, -0.15) is 0 Å². The van der Waals surface area contributed by atoms with Crippen LogP contribution in [0.2, 0.25) is 4.34 Å². The Balaban J connectivity index is 2.27. The summed E-state index contributed by atoms with van der Waals surface area (Å²) in [6.45, 7) is 0. The number of imidazole rings is 1. The van der Waals surface area contributed by atoms with E-state index in [0.29, 0.717) is 0 Å². The van der Waals surface area contributed by atoms with Crippen molar-refractivity contribution in [3.63, 3.8) is 0 Å². The minimum Gasteiger partial charge on any atom is -0.398 e. The fourth-order valence-corrected chi connectivity index (χ4v) is 2.66. The molecule has 3 aromatic rings. The molecule has 3 aromatic heterocycles. The number of hydrogen-bond acceptors (Lipinski definition) is 3. The van der Waals surface area contributed by atoms with Crippen molar-refractivity contribution in [1.29, 1.82) is 0 Å². The second-order valence-electron chi connectivity index (χ2n) is 3.44. The molecule has 16 heavy (non-hydrogen) atoms. The molecule has 0 fully saturated rings. The molecular weight excluding hydrogens is 242 g/mol. The summed E-state index contributed by atoms with van der Waals surface area (Å²) in [6, 6.07) is 7.64. The highest BCUT2D eigenvalue weighted by molar-refractivity contribution is 7.19. The molecule has 0 spiro atoms. The lowest BCUT2D eigenvalue weighted by atomic mass is 10.4. The zero-order chi connectivity index (χ0) is 11.1. The van der Waals surface area contributed by atoms with Gasteiger partial charge in [0, 0.05) is 11.9 Å². The lowest BCUT2D eigenvalue weighted by Crippen LogP contribution is -1.91. The first-order valence-corrected chi connectivity index (χ1v) is 5.92. The van der Waals surface area contributed by atoms with Crippen LogP contribution in [0, 0.1) is 0 Å². The summed E-state index contributed by atoms with van der Waals surface area (Å²) in [7, 11) is 0. The van der Waals surface area contributed by atoms with Crippen molar-refractivity contribution in [2.24, 2.45) is 0 Å². The van der Waals surface area contributed by atoms with Crippen LogP contribution in [0.4, 0.5) is 5.69 Å². The molecule has 3 nitrogen and oxygen atoms in total. The molecule has 5 heteroatoms. The van der Waals surface area contributed by atoms with Crippen molar-refractivity contribution in [3.8, 4) is 10.7 Å². The largest absolute Gasteiger partial charge is 0.398 e. The van der Waals surface area contributed by atoms with Crippen LogP contribution in [-0.2, 0) is 0 Å². The second kappa shape index (κ2) is 3.50. The van der Waals surface area contributed by atoms with E-state index >= 15 is 0 Å². The van der Waals surface area contributed by atoms with Gasteiger partial charge in [-0.05, 0) is 24.3 Å². The highest BCUT2D eigenvalue weighted by atomic mass is 35.5. The highest BCUT2D eigenvalue weighted by Crippen LogP contribution is 2.30. The smallest absolute Gasteiger partial charge is 0.154 e. The van der Waals surface area contributed by atoms with Crippen LogP contribution in [-0.4, -0.2) is 9.38 Å². The molecule has 0 atom stereocenters. The quantitative estimate of drug-likeness (QED) is 0.719. The van der Waals surface area contributed by atoms with E-state index in [2.05, 4.69) is 4.98 Å². The normalized spacial score (nSPS) is 11.1. The van der Waals surface area contributed by atoms with Crippen LogP contribution in [0.5, 0.6) is 0 Å². The first-order valence-electron chi connectivity index (χ1n) is 4.72. The van der Waals surface area contributed by atoms with Crippen molar-refractivity contribution >= 4 is 34.1 Å². The molecule has 0 aliphatic rings. The predicted octanol–water partition coefficient (Wildman–Crippen LogP) is 3.30. The van der Waals surface area contributed by atoms with Gasteiger partial charge in [-0.3, -0.25) is 4.40 Å². The molecule has 0 bridgehead atoms. The number of hydrogen-bond donors (Lipinski definition) is 1. The van der Waals surface area contributed by atoms with Crippen molar-refractivity contribution in [1.82, 2.24) is 9.38 Å². The molecule has 0 aromatic carbocycles. The standard InChI is InChI=1S/C11H8ClN3S/c12-10-4-3-9(16-10)11-14-5-8-2-1-7(13)6-15(8)11/h1-6H,13H2. The average Bonchev–Trinajstić information content (AvgIpc) is 2.83. The van der Waals surface area contributed by atoms with Gasteiger partial charge in [-0.15, -0.1) is 11.3 Å². The minimum atomic E-state index is 0.717. The predicted molar refractivity (Wildman–Crippen MR) is 67.9 cm³/mol. The van der Waals surface area contributed by atoms with E-state index < -0.39 is 0 Å². The number of nitrogen functional groups attached to an aromatic ring is 1. The number of halogens is 1. The zero-order valence-corrected chi connectivity index (χ0v) is 9.79. The van der Waals surface area contributed by atoms with Crippen molar-refractivity contribution in [2.45, 2.75) is 0 Å². The van der Waals surface area contributed by atoms with Crippen LogP contribution in [0.25, 0.3) is 16.2 Å². The van der Waals surface area contributed by atoms with Crippen molar-refractivity contribution in [3.05, 3.63) is 41.0 Å². The lowest BCUT2D eigenvalue weighted by Gasteiger charge is -1.99. The second-order valence-corrected chi connectivity index (χ2v) is 5.16. The number of nitrogens with zero attached hydrogens (tertiary/aromatic N) is 2. The summed E-state index contributed by atoms with van der Waals surface area (Å²) in [4.78, 5) is 5.42. The number of fused-ring (bicyclic) bond motifs is 1. The molecule has 0 saturated heterocycles. The van der Waals surface area contributed by atoms with Gasteiger partial charge in [0.05, 0.1) is 20.9 Å². The van der Waals surface area contributed by atoms with Crippen LogP contribution < -0.4 is 5.73 Å². The fourth-order valence-electron chi connectivity index (χ4n) is 1.62. The lowest BCUT2D eigenvalue weighted by molar-refractivity contribution is 1.17. The van der Waals surface area contributed by atoms with Crippen LogP contribution in [0.15, 0.2) is 36.7 Å². The summed E-state index contributed by atoms with van der Waals surface area (Å²) in [5, 5.41) is 0. The third kappa shape index (κ3) is 1.47. The van der Waals surface area contributed by atoms with Gasteiger partial charge in [-0.1, -0.05) is 11.6 Å². The molecule has 0 radical (unpaired) electrons. The number of anilines is 1. The Morgan fingerprint density at radius 3 is 2.88 bits per heavy atom. The Labute approximate surface area is 101 Å². The topological polar surface area (TPSA) is 43.3 Å². The van der Waals surface area contributed by atoms with Crippen LogP contribution in [0.1, 0.15) is 0 Å². The Hall–Kier alpha value is -1.52. The van der Waals surface area contributed by atoms with Gasteiger partial charge in [0.15, 0.2) is 5.82 Å². The number of pyridine rings is 1. The number of thiophene rings is 1. The Bertz CT molecular complexity index is 656. The maximum Gasteiger partial charge on any atom is 0.154 e. The molecule has 0 saturated carbocycles. The third-order valence-electron chi connectivity index (χ3n) is 2.34. The van der Waals surface area contributed by atoms with Gasteiger partial charge in [0.25, 0.3) is 0 Å². The third-order valence-corrected chi connectivity index (χ3v) is 3.57. The summed E-state index contributed by atoms with van der Waals surface area (Å²) in [5.41, 5.74) is 7.50. The molecule has 0 amide bonds. The van der Waals surface area contributed by atoms with E-state index in [4.69, 9.17) is 17.3 Å². The molecule has 3 rings (SSSR count). The molecule has 0 aliphatic carbocycles. The number of rotatable bonds is 1. The van der Waals surface area contributed by atoms with E-state index in [9.17, 15) is 0 Å². The summed E-state index contributed by atoms with van der Waals surface area (Å²) >= 11 is 7.42. The summed E-state index contributed by atoms with van der Waals surface area (Å²) in [5.74, 6) is 0.874.